The van der Waals surface area contributed by atoms with Gasteiger partial charge in [0.15, 0.2) is 0 Å². The summed E-state index contributed by atoms with van der Waals surface area (Å²) in [6.45, 7) is 4.00. The number of nitrogen functional groups attached to an aromatic ring is 1. The maximum absolute atomic E-state index is 5.62. The van der Waals surface area contributed by atoms with Gasteiger partial charge in [0.05, 0.1) is 0 Å². The van der Waals surface area contributed by atoms with Crippen LogP contribution in [0.1, 0.15) is 26.4 Å². The van der Waals surface area contributed by atoms with Crippen molar-refractivity contribution in [1.82, 2.24) is 0 Å². The Kier molecular flexibility index (Phi) is 6.34. The molecule has 0 aliphatic carbocycles. The van der Waals surface area contributed by atoms with Gasteiger partial charge in [0, 0.05) is 7.11 Å². The Morgan fingerprint density at radius 1 is 0.944 bits per heavy atom. The first-order valence-electron chi connectivity index (χ1n) is 6.40. The lowest BCUT2D eigenvalue weighted by Gasteiger charge is -1.96. The van der Waals surface area contributed by atoms with Crippen LogP contribution in [0.5, 0.6) is 0 Å². The zero-order chi connectivity index (χ0) is 13.2. The van der Waals surface area contributed by atoms with Crippen molar-refractivity contribution in [1.29, 1.82) is 0 Å². The lowest BCUT2D eigenvalue weighted by molar-refractivity contribution is 1.28. The molecule has 0 spiro atoms. The molecule has 0 radical (unpaired) electrons. The van der Waals surface area contributed by atoms with Crippen LogP contribution in [-0.2, 0) is 6.42 Å². The van der Waals surface area contributed by atoms with E-state index in [1.165, 1.54) is 11.1 Å². The molecule has 1 heteroatoms. The van der Waals surface area contributed by atoms with Gasteiger partial charge in [-0.1, -0.05) is 68.5 Å². The lowest BCUT2D eigenvalue weighted by atomic mass is 10.1. The summed E-state index contributed by atoms with van der Waals surface area (Å²) in [5.74, 6) is 0. The SMILES string of the molecule is CC.Nc1ccc(/C=C\Cc2ccccc2)cc1.[HH]. The first-order valence-corrected chi connectivity index (χ1v) is 6.40. The van der Waals surface area contributed by atoms with E-state index >= 15 is 0 Å². The summed E-state index contributed by atoms with van der Waals surface area (Å²) in [7, 11) is 0. The molecule has 0 unspecified atom stereocenters. The van der Waals surface area contributed by atoms with Gasteiger partial charge in [0.2, 0.25) is 0 Å². The summed E-state index contributed by atoms with van der Waals surface area (Å²) in [6.07, 6.45) is 5.25. The van der Waals surface area contributed by atoms with E-state index in [0.29, 0.717) is 0 Å². The predicted octanol–water partition coefficient (Wildman–Crippen LogP) is 4.80. The van der Waals surface area contributed by atoms with Gasteiger partial charge in [-0.2, -0.15) is 0 Å². The van der Waals surface area contributed by atoms with Crippen molar-refractivity contribution in [3.63, 3.8) is 0 Å². The molecular weight excluding hydrogens is 218 g/mol. The molecule has 2 aromatic rings. The first kappa shape index (κ1) is 14.0. The lowest BCUT2D eigenvalue weighted by Crippen LogP contribution is -1.83. The minimum Gasteiger partial charge on any atom is -0.399 e. The van der Waals surface area contributed by atoms with Crippen molar-refractivity contribution in [2.45, 2.75) is 20.3 Å². The first-order chi connectivity index (χ1) is 8.84. The molecule has 96 valence electrons. The van der Waals surface area contributed by atoms with Gasteiger partial charge < -0.3 is 5.73 Å². The number of hydrogen-bond acceptors (Lipinski definition) is 1. The van der Waals surface area contributed by atoms with E-state index in [1.807, 2.05) is 44.2 Å². The van der Waals surface area contributed by atoms with E-state index in [4.69, 9.17) is 5.73 Å². The number of rotatable bonds is 3. The quantitative estimate of drug-likeness (QED) is 0.768. The largest absolute Gasteiger partial charge is 0.399 e. The van der Waals surface area contributed by atoms with Gasteiger partial charge >= 0.3 is 0 Å². The van der Waals surface area contributed by atoms with Gasteiger partial charge in [-0.05, 0) is 29.7 Å². The number of nitrogens with two attached hydrogens (primary N) is 1. The second kappa shape index (κ2) is 8.13. The molecule has 0 aliphatic heterocycles. The molecule has 0 saturated carbocycles. The number of allylic oxidation sites excluding steroid dienone is 1. The molecular formula is C17H23N. The van der Waals surface area contributed by atoms with E-state index in [-0.39, 0.29) is 1.43 Å². The fraction of sp³-hybridized carbons (Fsp3) is 0.176. The van der Waals surface area contributed by atoms with Crippen molar-refractivity contribution < 1.29 is 1.43 Å². The third-order valence-corrected chi connectivity index (χ3v) is 2.44. The Morgan fingerprint density at radius 3 is 2.17 bits per heavy atom. The van der Waals surface area contributed by atoms with Crippen molar-refractivity contribution in [3.05, 3.63) is 71.8 Å². The van der Waals surface area contributed by atoms with Crippen molar-refractivity contribution in [3.8, 4) is 0 Å². The maximum atomic E-state index is 5.62. The molecule has 0 saturated heterocycles. The summed E-state index contributed by atoms with van der Waals surface area (Å²) < 4.78 is 0. The fourth-order valence-corrected chi connectivity index (χ4v) is 1.55. The van der Waals surface area contributed by atoms with Crippen LogP contribution in [0.2, 0.25) is 0 Å². The molecule has 2 aromatic carbocycles. The number of anilines is 1. The van der Waals surface area contributed by atoms with Gasteiger partial charge in [-0.3, -0.25) is 0 Å². The zero-order valence-electron chi connectivity index (χ0n) is 11.1. The summed E-state index contributed by atoms with van der Waals surface area (Å²) in [6, 6.07) is 18.3. The van der Waals surface area contributed by atoms with Crippen LogP contribution in [0.15, 0.2) is 60.7 Å². The van der Waals surface area contributed by atoms with Crippen LogP contribution in [0, 0.1) is 0 Å². The highest BCUT2D eigenvalue weighted by atomic mass is 14.5. The minimum absolute atomic E-state index is 0. The van der Waals surface area contributed by atoms with Crippen LogP contribution < -0.4 is 5.73 Å². The van der Waals surface area contributed by atoms with Crippen LogP contribution in [-0.4, -0.2) is 0 Å². The fourth-order valence-electron chi connectivity index (χ4n) is 1.55. The average molecular weight is 241 g/mol. The second-order valence-electron chi connectivity index (χ2n) is 3.76. The molecule has 0 heterocycles. The van der Waals surface area contributed by atoms with Crippen LogP contribution in [0.3, 0.4) is 0 Å². The summed E-state index contributed by atoms with van der Waals surface area (Å²) in [5.41, 5.74) is 8.94. The Bertz CT molecular complexity index is 460. The highest BCUT2D eigenvalue weighted by Crippen LogP contribution is 2.08. The molecule has 0 aromatic heterocycles. The van der Waals surface area contributed by atoms with Crippen LogP contribution in [0.25, 0.3) is 6.08 Å². The van der Waals surface area contributed by atoms with Gasteiger partial charge in [-0.25, -0.2) is 0 Å². The van der Waals surface area contributed by atoms with E-state index in [9.17, 15) is 0 Å². The van der Waals surface area contributed by atoms with Gasteiger partial charge in [-0.15, -0.1) is 0 Å². The van der Waals surface area contributed by atoms with E-state index in [2.05, 4.69) is 36.4 Å². The van der Waals surface area contributed by atoms with Gasteiger partial charge in [0.1, 0.15) is 0 Å². The van der Waals surface area contributed by atoms with Crippen molar-refractivity contribution in [2.75, 3.05) is 5.73 Å². The molecule has 2 rings (SSSR count). The smallest absolute Gasteiger partial charge is 0.0314 e. The highest BCUT2D eigenvalue weighted by molar-refractivity contribution is 5.53. The van der Waals surface area contributed by atoms with E-state index < -0.39 is 0 Å². The molecule has 0 amide bonds. The van der Waals surface area contributed by atoms with Gasteiger partial charge in [0.25, 0.3) is 0 Å². The number of hydrogen-bond donors (Lipinski definition) is 1. The van der Waals surface area contributed by atoms with Crippen molar-refractivity contribution in [2.24, 2.45) is 0 Å². The van der Waals surface area contributed by atoms with Crippen LogP contribution >= 0.6 is 0 Å². The Balaban J connectivity index is 0.00000103. The Labute approximate surface area is 111 Å². The molecule has 0 bridgehead atoms. The molecule has 18 heavy (non-hydrogen) atoms. The zero-order valence-corrected chi connectivity index (χ0v) is 11.1. The van der Waals surface area contributed by atoms with Crippen LogP contribution in [0.4, 0.5) is 5.69 Å². The molecule has 2 N–H and O–H groups in total. The third kappa shape index (κ3) is 4.88. The molecule has 0 aliphatic rings. The second-order valence-corrected chi connectivity index (χ2v) is 3.76. The highest BCUT2D eigenvalue weighted by Gasteiger charge is 1.88. The third-order valence-electron chi connectivity index (χ3n) is 2.44. The Morgan fingerprint density at radius 2 is 1.56 bits per heavy atom. The minimum atomic E-state index is 0. The summed E-state index contributed by atoms with van der Waals surface area (Å²) >= 11 is 0. The number of benzene rings is 2. The molecule has 0 fully saturated rings. The van der Waals surface area contributed by atoms with E-state index in [1.54, 1.807) is 0 Å². The monoisotopic (exact) mass is 241 g/mol. The standard InChI is InChI=1S/C15H15N.C2H6.H2/c16-15-11-9-14(10-12-15)8-4-7-13-5-2-1-3-6-13;1-2;/h1-6,8-12H,7,16H2;1-2H3;1H/b8-4-;;. The maximum Gasteiger partial charge on any atom is 0.0314 e. The molecule has 1 nitrogen and oxygen atoms in total. The summed E-state index contributed by atoms with van der Waals surface area (Å²) in [4.78, 5) is 0. The Hall–Kier alpha value is -2.02. The van der Waals surface area contributed by atoms with E-state index in [0.717, 1.165) is 12.1 Å². The summed E-state index contributed by atoms with van der Waals surface area (Å²) in [5, 5.41) is 0. The van der Waals surface area contributed by atoms with Crippen molar-refractivity contribution >= 4 is 11.8 Å². The predicted molar refractivity (Wildman–Crippen MR) is 83.5 cm³/mol. The molecule has 0 atom stereocenters. The normalized spacial score (nSPS) is 9.89. The topological polar surface area (TPSA) is 26.0 Å². The average Bonchev–Trinajstić information content (AvgIpc) is 2.44.